The van der Waals surface area contributed by atoms with E-state index in [0.29, 0.717) is 5.56 Å². The molecule has 0 aliphatic heterocycles. The van der Waals surface area contributed by atoms with Crippen LogP contribution in [0.3, 0.4) is 0 Å². The van der Waals surface area contributed by atoms with Crippen molar-refractivity contribution in [3.63, 3.8) is 0 Å². The van der Waals surface area contributed by atoms with Crippen LogP contribution in [0.5, 0.6) is 5.75 Å². The molecular formula is C14H14O4S. The standard InChI is InChI=1S/C14H14O4S/c1-10(11-6-3-2-4-7-11)12-8-5-9-13(15)14(12)19(16,17)18/h2-10,15H,1H3,(H,16,17,18). The number of aromatic hydroxyl groups is 1. The summed E-state index contributed by atoms with van der Waals surface area (Å²) in [5, 5.41) is 9.68. The van der Waals surface area contributed by atoms with Crippen molar-refractivity contribution in [2.75, 3.05) is 0 Å². The van der Waals surface area contributed by atoms with Gasteiger partial charge in [0.15, 0.2) is 0 Å². The molecule has 0 aliphatic rings. The van der Waals surface area contributed by atoms with E-state index in [9.17, 15) is 18.1 Å². The van der Waals surface area contributed by atoms with Crippen molar-refractivity contribution in [1.29, 1.82) is 0 Å². The second-order valence-corrected chi connectivity index (χ2v) is 5.66. The van der Waals surface area contributed by atoms with Crippen LogP contribution in [0.15, 0.2) is 53.4 Å². The molecule has 0 saturated carbocycles. The Balaban J connectivity index is 2.61. The van der Waals surface area contributed by atoms with Gasteiger partial charge in [0.2, 0.25) is 0 Å². The third kappa shape index (κ3) is 2.77. The quantitative estimate of drug-likeness (QED) is 0.847. The Morgan fingerprint density at radius 2 is 1.63 bits per heavy atom. The van der Waals surface area contributed by atoms with Crippen molar-refractivity contribution in [1.82, 2.24) is 0 Å². The lowest BCUT2D eigenvalue weighted by Gasteiger charge is -2.16. The number of hydrogen-bond acceptors (Lipinski definition) is 3. The zero-order chi connectivity index (χ0) is 14.0. The molecule has 0 aromatic heterocycles. The Hall–Kier alpha value is -1.85. The monoisotopic (exact) mass is 278 g/mol. The molecule has 0 fully saturated rings. The molecule has 19 heavy (non-hydrogen) atoms. The van der Waals surface area contributed by atoms with Crippen LogP contribution in [-0.4, -0.2) is 18.1 Å². The number of phenols is 1. The van der Waals surface area contributed by atoms with Gasteiger partial charge in [-0.1, -0.05) is 49.4 Å². The van der Waals surface area contributed by atoms with Gasteiger partial charge in [-0.05, 0) is 17.2 Å². The molecule has 0 saturated heterocycles. The first-order chi connectivity index (χ1) is 8.91. The Morgan fingerprint density at radius 1 is 1.00 bits per heavy atom. The Bertz CT molecular complexity index is 678. The molecule has 0 heterocycles. The maximum Gasteiger partial charge on any atom is 0.298 e. The maximum atomic E-state index is 11.4. The molecule has 0 amide bonds. The van der Waals surface area contributed by atoms with Crippen LogP contribution in [0.4, 0.5) is 0 Å². The molecule has 0 bridgehead atoms. The number of benzene rings is 2. The molecule has 4 nitrogen and oxygen atoms in total. The number of hydrogen-bond donors (Lipinski definition) is 2. The molecule has 2 rings (SSSR count). The predicted octanol–water partition coefficient (Wildman–Crippen LogP) is 2.79. The molecule has 5 heteroatoms. The largest absolute Gasteiger partial charge is 0.506 e. The molecule has 2 aromatic rings. The first-order valence-corrected chi connectivity index (χ1v) is 7.19. The van der Waals surface area contributed by atoms with Gasteiger partial charge in [-0.3, -0.25) is 4.55 Å². The fraction of sp³-hybridized carbons (Fsp3) is 0.143. The van der Waals surface area contributed by atoms with Gasteiger partial charge in [-0.25, -0.2) is 0 Å². The maximum absolute atomic E-state index is 11.4. The van der Waals surface area contributed by atoms with E-state index in [-0.39, 0.29) is 5.92 Å². The average Bonchev–Trinajstić information content (AvgIpc) is 2.37. The van der Waals surface area contributed by atoms with E-state index in [4.69, 9.17) is 0 Å². The highest BCUT2D eigenvalue weighted by Gasteiger charge is 2.23. The summed E-state index contributed by atoms with van der Waals surface area (Å²) in [5.74, 6) is -0.701. The summed E-state index contributed by atoms with van der Waals surface area (Å²) in [4.78, 5) is -0.425. The molecule has 0 radical (unpaired) electrons. The third-order valence-electron chi connectivity index (χ3n) is 3.05. The molecule has 1 unspecified atom stereocenters. The zero-order valence-corrected chi connectivity index (χ0v) is 11.1. The molecule has 0 aliphatic carbocycles. The van der Waals surface area contributed by atoms with Crippen molar-refractivity contribution in [2.24, 2.45) is 0 Å². The summed E-state index contributed by atoms with van der Waals surface area (Å²) in [6, 6.07) is 13.7. The van der Waals surface area contributed by atoms with Crippen LogP contribution < -0.4 is 0 Å². The van der Waals surface area contributed by atoms with Crippen molar-refractivity contribution < 1.29 is 18.1 Å². The summed E-state index contributed by atoms with van der Waals surface area (Å²) < 4.78 is 32.1. The Morgan fingerprint density at radius 3 is 2.21 bits per heavy atom. The Kier molecular flexibility index (Phi) is 3.59. The van der Waals surface area contributed by atoms with Crippen LogP contribution >= 0.6 is 0 Å². The van der Waals surface area contributed by atoms with Crippen molar-refractivity contribution in [2.45, 2.75) is 17.7 Å². The van der Waals surface area contributed by atoms with Crippen LogP contribution in [0.25, 0.3) is 0 Å². The van der Waals surface area contributed by atoms with Crippen LogP contribution in [-0.2, 0) is 10.1 Å². The molecule has 1 atom stereocenters. The summed E-state index contributed by atoms with van der Waals surface area (Å²) >= 11 is 0. The molecule has 0 spiro atoms. The molecule has 100 valence electrons. The number of phenolic OH excluding ortho intramolecular Hbond substituents is 1. The lowest BCUT2D eigenvalue weighted by Crippen LogP contribution is -2.07. The smallest absolute Gasteiger partial charge is 0.298 e. The minimum absolute atomic E-state index is 0.259. The van der Waals surface area contributed by atoms with Gasteiger partial charge < -0.3 is 5.11 Å². The minimum Gasteiger partial charge on any atom is -0.506 e. The SMILES string of the molecule is CC(c1ccccc1)c1cccc(O)c1S(=O)(=O)O. The van der Waals surface area contributed by atoms with Gasteiger partial charge in [0.05, 0.1) is 0 Å². The van der Waals surface area contributed by atoms with Gasteiger partial charge >= 0.3 is 0 Å². The van der Waals surface area contributed by atoms with Crippen molar-refractivity contribution in [3.05, 3.63) is 59.7 Å². The highest BCUT2D eigenvalue weighted by molar-refractivity contribution is 7.86. The van der Waals surface area contributed by atoms with Gasteiger partial charge in [-0.2, -0.15) is 8.42 Å². The van der Waals surface area contributed by atoms with Crippen molar-refractivity contribution in [3.8, 4) is 5.75 Å². The molecular weight excluding hydrogens is 264 g/mol. The highest BCUT2D eigenvalue weighted by Crippen LogP contribution is 2.34. The van der Waals surface area contributed by atoms with Crippen LogP contribution in [0.1, 0.15) is 24.0 Å². The van der Waals surface area contributed by atoms with E-state index in [0.717, 1.165) is 5.56 Å². The van der Waals surface area contributed by atoms with Gasteiger partial charge in [-0.15, -0.1) is 0 Å². The third-order valence-corrected chi connectivity index (χ3v) is 4.01. The summed E-state index contributed by atoms with van der Waals surface area (Å²) in [6.07, 6.45) is 0. The average molecular weight is 278 g/mol. The van der Waals surface area contributed by atoms with Crippen molar-refractivity contribution >= 4 is 10.1 Å². The van der Waals surface area contributed by atoms with E-state index >= 15 is 0 Å². The van der Waals surface area contributed by atoms with Gasteiger partial charge in [0.25, 0.3) is 10.1 Å². The van der Waals surface area contributed by atoms with E-state index in [1.54, 1.807) is 12.1 Å². The summed E-state index contributed by atoms with van der Waals surface area (Å²) in [7, 11) is -4.47. The van der Waals surface area contributed by atoms with Crippen LogP contribution in [0, 0.1) is 0 Å². The minimum atomic E-state index is -4.47. The van der Waals surface area contributed by atoms with Crippen LogP contribution in [0.2, 0.25) is 0 Å². The normalized spacial score (nSPS) is 13.2. The number of rotatable bonds is 3. The fourth-order valence-corrected chi connectivity index (χ4v) is 2.96. The Labute approximate surface area is 112 Å². The second-order valence-electron chi connectivity index (χ2n) is 4.30. The van der Waals surface area contributed by atoms with E-state index in [2.05, 4.69) is 0 Å². The first kappa shape index (κ1) is 13.6. The predicted molar refractivity (Wildman–Crippen MR) is 71.9 cm³/mol. The lowest BCUT2D eigenvalue weighted by atomic mass is 9.93. The first-order valence-electron chi connectivity index (χ1n) is 5.75. The lowest BCUT2D eigenvalue weighted by molar-refractivity contribution is 0.440. The molecule has 2 N–H and O–H groups in total. The van der Waals surface area contributed by atoms with Gasteiger partial charge in [0.1, 0.15) is 10.6 Å². The summed E-state index contributed by atoms with van der Waals surface area (Å²) in [5.41, 5.74) is 1.27. The fourth-order valence-electron chi connectivity index (χ4n) is 2.09. The zero-order valence-electron chi connectivity index (χ0n) is 10.3. The van der Waals surface area contributed by atoms with E-state index in [1.165, 1.54) is 6.07 Å². The summed E-state index contributed by atoms with van der Waals surface area (Å²) in [6.45, 7) is 1.82. The highest BCUT2D eigenvalue weighted by atomic mass is 32.2. The topological polar surface area (TPSA) is 74.6 Å². The van der Waals surface area contributed by atoms with Gasteiger partial charge in [0, 0.05) is 5.92 Å². The van der Waals surface area contributed by atoms with E-state index < -0.39 is 20.8 Å². The van der Waals surface area contributed by atoms with E-state index in [1.807, 2.05) is 37.3 Å². The second kappa shape index (κ2) is 5.03. The molecule has 2 aromatic carbocycles.